The zero-order chi connectivity index (χ0) is 17.6. The highest BCUT2D eigenvalue weighted by molar-refractivity contribution is 5.89. The Balaban J connectivity index is 1.55. The largest absolute Gasteiger partial charge is 0.490 e. The second kappa shape index (κ2) is 7.53. The molecule has 0 spiro atoms. The van der Waals surface area contributed by atoms with Crippen molar-refractivity contribution >= 4 is 5.97 Å². The van der Waals surface area contributed by atoms with Crippen molar-refractivity contribution in [1.29, 1.82) is 0 Å². The van der Waals surface area contributed by atoms with Crippen LogP contribution in [0.3, 0.4) is 0 Å². The van der Waals surface area contributed by atoms with E-state index in [-0.39, 0.29) is 18.9 Å². The number of imidazole rings is 1. The zero-order valence-corrected chi connectivity index (χ0v) is 13.8. The Morgan fingerprint density at radius 1 is 1.04 bits per heavy atom. The summed E-state index contributed by atoms with van der Waals surface area (Å²) in [6.45, 7) is 2.27. The second-order valence-electron chi connectivity index (χ2n) is 5.41. The average Bonchev–Trinajstić information content (AvgIpc) is 2.98. The normalized spacial score (nSPS) is 10.4. The summed E-state index contributed by atoms with van der Waals surface area (Å²) in [5.74, 6) is 0.302. The van der Waals surface area contributed by atoms with Gasteiger partial charge in [0.2, 0.25) is 0 Å². The lowest BCUT2D eigenvalue weighted by Gasteiger charge is -2.08. The molecule has 2 aromatic carbocycles. The first-order valence-electron chi connectivity index (χ1n) is 7.87. The average molecular weight is 338 g/mol. The molecular formula is C19H18N2O4. The number of rotatable bonds is 6. The second-order valence-corrected chi connectivity index (χ2v) is 5.41. The van der Waals surface area contributed by atoms with E-state index in [1.54, 1.807) is 30.5 Å². The molecule has 3 aromatic rings. The van der Waals surface area contributed by atoms with Gasteiger partial charge in [0.05, 0.1) is 11.3 Å². The zero-order valence-electron chi connectivity index (χ0n) is 13.8. The molecule has 6 nitrogen and oxygen atoms in total. The summed E-state index contributed by atoms with van der Waals surface area (Å²) in [6, 6.07) is 16.0. The first-order valence-corrected chi connectivity index (χ1v) is 7.87. The van der Waals surface area contributed by atoms with E-state index in [9.17, 15) is 9.59 Å². The molecule has 0 aliphatic heterocycles. The number of aromatic amines is 1. The summed E-state index contributed by atoms with van der Waals surface area (Å²) in [5.41, 5.74) is 1.68. The maximum Gasteiger partial charge on any atom is 0.338 e. The molecule has 0 atom stereocenters. The molecule has 0 saturated heterocycles. The van der Waals surface area contributed by atoms with E-state index < -0.39 is 5.97 Å². The molecule has 0 aliphatic rings. The van der Waals surface area contributed by atoms with Gasteiger partial charge in [-0.15, -0.1) is 0 Å². The van der Waals surface area contributed by atoms with Crippen LogP contribution in [0.1, 0.15) is 16.1 Å². The fourth-order valence-electron chi connectivity index (χ4n) is 2.42. The summed E-state index contributed by atoms with van der Waals surface area (Å²) in [4.78, 5) is 26.4. The number of carbonyl (C=O) groups excluding carboxylic acids is 1. The van der Waals surface area contributed by atoms with Gasteiger partial charge in [0.1, 0.15) is 19.0 Å². The van der Waals surface area contributed by atoms with Crippen molar-refractivity contribution in [2.24, 2.45) is 0 Å². The highest BCUT2D eigenvalue weighted by Gasteiger charge is 2.09. The number of carbonyl (C=O) groups is 1. The molecular weight excluding hydrogens is 320 g/mol. The number of ether oxygens (including phenoxy) is 2. The fraction of sp³-hybridized carbons (Fsp3) is 0.158. The predicted molar refractivity (Wildman–Crippen MR) is 93.3 cm³/mol. The molecule has 0 unspecified atom stereocenters. The number of aryl methyl sites for hydroxylation is 1. The van der Waals surface area contributed by atoms with Gasteiger partial charge in [-0.25, -0.2) is 9.59 Å². The lowest BCUT2D eigenvalue weighted by molar-refractivity contribution is 0.0450. The number of aromatic nitrogens is 2. The van der Waals surface area contributed by atoms with Gasteiger partial charge in [0.15, 0.2) is 0 Å². The topological polar surface area (TPSA) is 73.3 Å². The number of esters is 1. The third-order valence-electron chi connectivity index (χ3n) is 3.65. The number of hydrogen-bond acceptors (Lipinski definition) is 4. The Kier molecular flexibility index (Phi) is 4.99. The van der Waals surface area contributed by atoms with Crippen molar-refractivity contribution in [3.8, 4) is 11.4 Å². The van der Waals surface area contributed by atoms with Crippen molar-refractivity contribution < 1.29 is 14.3 Å². The van der Waals surface area contributed by atoms with Gasteiger partial charge in [-0.3, -0.25) is 4.57 Å². The van der Waals surface area contributed by atoms with Crippen LogP contribution in [0.15, 0.2) is 65.6 Å². The van der Waals surface area contributed by atoms with Gasteiger partial charge in [-0.2, -0.15) is 0 Å². The molecule has 1 N–H and O–H groups in total. The number of H-pyrrole nitrogens is 1. The lowest BCUT2D eigenvalue weighted by atomic mass is 10.2. The van der Waals surface area contributed by atoms with E-state index in [2.05, 4.69) is 4.98 Å². The number of nitrogens with zero attached hydrogens (tertiary/aromatic N) is 1. The number of para-hydroxylation sites is 1. The lowest BCUT2D eigenvalue weighted by Crippen LogP contribution is -2.16. The van der Waals surface area contributed by atoms with Crippen molar-refractivity contribution in [2.75, 3.05) is 13.2 Å². The molecule has 25 heavy (non-hydrogen) atoms. The number of hydrogen-bond donors (Lipinski definition) is 1. The molecule has 0 radical (unpaired) electrons. The smallest absolute Gasteiger partial charge is 0.338 e. The molecule has 0 saturated carbocycles. The first kappa shape index (κ1) is 16.6. The molecule has 0 bridgehead atoms. The van der Waals surface area contributed by atoms with Crippen molar-refractivity contribution in [1.82, 2.24) is 9.55 Å². The van der Waals surface area contributed by atoms with E-state index in [0.717, 1.165) is 11.4 Å². The molecule has 0 aliphatic carbocycles. The number of benzene rings is 2. The Bertz CT molecular complexity index is 895. The van der Waals surface area contributed by atoms with Crippen LogP contribution in [0.2, 0.25) is 0 Å². The van der Waals surface area contributed by atoms with Crippen LogP contribution in [0.25, 0.3) is 5.69 Å². The van der Waals surface area contributed by atoms with Gasteiger partial charge < -0.3 is 14.5 Å². The molecule has 1 heterocycles. The predicted octanol–water partition coefficient (Wildman–Crippen LogP) is 2.71. The van der Waals surface area contributed by atoms with E-state index in [1.807, 2.05) is 37.3 Å². The Morgan fingerprint density at radius 2 is 1.76 bits per heavy atom. The van der Waals surface area contributed by atoms with Crippen LogP contribution in [0, 0.1) is 6.92 Å². The van der Waals surface area contributed by atoms with Crippen molar-refractivity contribution in [3.63, 3.8) is 0 Å². The van der Waals surface area contributed by atoms with Crippen LogP contribution in [-0.2, 0) is 4.74 Å². The van der Waals surface area contributed by atoms with Gasteiger partial charge >= 0.3 is 11.7 Å². The van der Waals surface area contributed by atoms with Crippen LogP contribution < -0.4 is 10.4 Å². The monoisotopic (exact) mass is 338 g/mol. The molecule has 1 aromatic heterocycles. The highest BCUT2D eigenvalue weighted by atomic mass is 16.6. The quantitative estimate of drug-likeness (QED) is 0.554. The number of nitrogens with one attached hydrogen (secondary N) is 1. The Morgan fingerprint density at radius 3 is 2.40 bits per heavy atom. The Labute approximate surface area is 144 Å². The minimum atomic E-state index is -0.429. The summed E-state index contributed by atoms with van der Waals surface area (Å²) in [6.07, 6.45) is 1.64. The molecule has 6 heteroatoms. The molecule has 3 rings (SSSR count). The standard InChI is InChI=1S/C19H18N2O4/c1-14-13-20-19(23)21(14)16-9-7-15(8-10-16)18(22)25-12-11-24-17-5-3-2-4-6-17/h2-10,13H,11-12H2,1H3,(H,20,23). The van der Waals surface area contributed by atoms with Gasteiger partial charge in [0.25, 0.3) is 0 Å². The van der Waals surface area contributed by atoms with Crippen LogP contribution in [0.4, 0.5) is 0 Å². The van der Waals surface area contributed by atoms with E-state index in [4.69, 9.17) is 9.47 Å². The summed E-state index contributed by atoms with van der Waals surface area (Å²) in [5, 5.41) is 0. The van der Waals surface area contributed by atoms with Crippen LogP contribution in [0.5, 0.6) is 5.75 Å². The van der Waals surface area contributed by atoms with Gasteiger partial charge in [-0.1, -0.05) is 18.2 Å². The highest BCUT2D eigenvalue weighted by Crippen LogP contribution is 2.11. The maximum absolute atomic E-state index is 12.0. The van der Waals surface area contributed by atoms with Crippen molar-refractivity contribution in [3.05, 3.63) is 82.5 Å². The fourth-order valence-corrected chi connectivity index (χ4v) is 2.42. The summed E-state index contributed by atoms with van der Waals surface area (Å²) in [7, 11) is 0. The summed E-state index contributed by atoms with van der Waals surface area (Å²) < 4.78 is 12.2. The van der Waals surface area contributed by atoms with E-state index in [1.165, 1.54) is 4.57 Å². The van der Waals surface area contributed by atoms with Crippen molar-refractivity contribution in [2.45, 2.75) is 6.92 Å². The minimum absolute atomic E-state index is 0.159. The SMILES string of the molecule is Cc1c[nH]c(=O)n1-c1ccc(C(=O)OCCOc2ccccc2)cc1. The summed E-state index contributed by atoms with van der Waals surface area (Å²) >= 11 is 0. The van der Waals surface area contributed by atoms with E-state index in [0.29, 0.717) is 11.3 Å². The first-order chi connectivity index (χ1) is 12.1. The maximum atomic E-state index is 12.0. The van der Waals surface area contributed by atoms with Gasteiger partial charge in [0, 0.05) is 11.9 Å². The molecule has 0 fully saturated rings. The molecule has 128 valence electrons. The third-order valence-corrected chi connectivity index (χ3v) is 3.65. The minimum Gasteiger partial charge on any atom is -0.490 e. The van der Waals surface area contributed by atoms with Crippen LogP contribution in [-0.4, -0.2) is 28.7 Å². The molecule has 0 amide bonds. The van der Waals surface area contributed by atoms with Gasteiger partial charge in [-0.05, 0) is 43.3 Å². The van der Waals surface area contributed by atoms with Crippen LogP contribution >= 0.6 is 0 Å². The Hall–Kier alpha value is -3.28. The van der Waals surface area contributed by atoms with E-state index >= 15 is 0 Å². The third kappa shape index (κ3) is 3.98.